The Morgan fingerprint density at radius 1 is 1.69 bits per heavy atom. The van der Waals surface area contributed by atoms with Gasteiger partial charge in [0.25, 0.3) is 0 Å². The Morgan fingerprint density at radius 3 is 2.92 bits per heavy atom. The number of hydrogen-bond donors (Lipinski definition) is 1. The van der Waals surface area contributed by atoms with Gasteiger partial charge in [-0.3, -0.25) is 9.79 Å². The molecule has 1 heterocycles. The van der Waals surface area contributed by atoms with E-state index in [1.165, 1.54) is 0 Å². The van der Waals surface area contributed by atoms with E-state index in [1.807, 2.05) is 13.8 Å². The quantitative estimate of drug-likeness (QED) is 0.699. The van der Waals surface area contributed by atoms with Crippen molar-refractivity contribution in [3.8, 4) is 0 Å². The zero-order chi connectivity index (χ0) is 9.84. The maximum Gasteiger partial charge on any atom is 0.250 e. The lowest BCUT2D eigenvalue weighted by molar-refractivity contribution is -0.120. The lowest BCUT2D eigenvalue weighted by Crippen LogP contribution is -2.34. The molecule has 1 amide bonds. The lowest BCUT2D eigenvalue weighted by atomic mass is 10.2. The minimum Gasteiger partial charge on any atom is -0.374 e. The number of hydrogen-bond acceptors (Lipinski definition) is 3. The number of nitrogens with zero attached hydrogens (tertiary/aromatic N) is 1. The first-order chi connectivity index (χ1) is 6.19. The monoisotopic (exact) mass is 184 g/mol. The predicted octanol–water partition coefficient (Wildman–Crippen LogP) is 0.718. The number of amides is 1. The summed E-state index contributed by atoms with van der Waals surface area (Å²) in [5.74, 6) is 0.659. The molecule has 4 heteroatoms. The summed E-state index contributed by atoms with van der Waals surface area (Å²) < 4.78 is 5.06. The molecule has 0 aromatic rings. The van der Waals surface area contributed by atoms with Crippen molar-refractivity contribution < 1.29 is 9.53 Å². The first-order valence-electron chi connectivity index (χ1n) is 4.60. The molecular weight excluding hydrogens is 168 g/mol. The zero-order valence-electron chi connectivity index (χ0n) is 8.33. The van der Waals surface area contributed by atoms with Gasteiger partial charge < -0.3 is 10.1 Å². The van der Waals surface area contributed by atoms with Crippen molar-refractivity contribution in [3.63, 3.8) is 0 Å². The van der Waals surface area contributed by atoms with E-state index >= 15 is 0 Å². The van der Waals surface area contributed by atoms with E-state index in [0.717, 1.165) is 12.8 Å². The topological polar surface area (TPSA) is 50.7 Å². The van der Waals surface area contributed by atoms with Gasteiger partial charge in [-0.1, -0.05) is 13.3 Å². The molecule has 1 N–H and O–H groups in total. The highest BCUT2D eigenvalue weighted by molar-refractivity contribution is 6.07. The van der Waals surface area contributed by atoms with Crippen LogP contribution in [0.2, 0.25) is 0 Å². The van der Waals surface area contributed by atoms with Crippen LogP contribution in [0.4, 0.5) is 0 Å². The minimum atomic E-state index is -0.197. The number of aliphatic imine (C=N–C) groups is 1. The molecule has 0 saturated carbocycles. The molecule has 0 aromatic heterocycles. The van der Waals surface area contributed by atoms with Crippen LogP contribution in [0.1, 0.15) is 26.7 Å². The largest absolute Gasteiger partial charge is 0.374 e. The van der Waals surface area contributed by atoms with Crippen LogP contribution in [-0.4, -0.2) is 31.0 Å². The summed E-state index contributed by atoms with van der Waals surface area (Å²) >= 11 is 0. The summed E-state index contributed by atoms with van der Waals surface area (Å²) in [4.78, 5) is 15.6. The van der Waals surface area contributed by atoms with Crippen LogP contribution in [0.5, 0.6) is 0 Å². The maximum atomic E-state index is 11.3. The van der Waals surface area contributed by atoms with Crippen LogP contribution >= 0.6 is 0 Å². The number of amidine groups is 1. The van der Waals surface area contributed by atoms with Gasteiger partial charge in [-0.05, 0) is 13.3 Å². The third-order valence-corrected chi connectivity index (χ3v) is 2.15. The molecule has 74 valence electrons. The lowest BCUT2D eigenvalue weighted by Gasteiger charge is -2.07. The van der Waals surface area contributed by atoms with Gasteiger partial charge in [-0.25, -0.2) is 0 Å². The predicted molar refractivity (Wildman–Crippen MR) is 50.7 cm³/mol. The van der Waals surface area contributed by atoms with E-state index < -0.39 is 0 Å². The van der Waals surface area contributed by atoms with Crippen LogP contribution < -0.4 is 5.32 Å². The molecule has 1 rings (SSSR count). The van der Waals surface area contributed by atoms with Crippen molar-refractivity contribution in [3.05, 3.63) is 0 Å². The van der Waals surface area contributed by atoms with Crippen LogP contribution in [0.15, 0.2) is 4.99 Å². The highest BCUT2D eigenvalue weighted by Crippen LogP contribution is 2.09. The Balaban J connectivity index is 2.60. The van der Waals surface area contributed by atoms with E-state index in [1.54, 1.807) is 7.11 Å². The molecule has 4 nitrogen and oxygen atoms in total. The fraction of sp³-hybridized carbons (Fsp3) is 0.778. The van der Waals surface area contributed by atoms with Crippen molar-refractivity contribution in [1.82, 2.24) is 5.32 Å². The Kier molecular flexibility index (Phi) is 3.42. The fourth-order valence-electron chi connectivity index (χ4n) is 1.26. The summed E-state index contributed by atoms with van der Waals surface area (Å²) in [6.45, 7) is 3.91. The van der Waals surface area contributed by atoms with Gasteiger partial charge in [0.2, 0.25) is 5.91 Å². The Hall–Kier alpha value is -0.900. The molecule has 0 saturated heterocycles. The highest BCUT2D eigenvalue weighted by Gasteiger charge is 2.27. The van der Waals surface area contributed by atoms with Crippen LogP contribution in [0.3, 0.4) is 0 Å². The van der Waals surface area contributed by atoms with E-state index in [0.29, 0.717) is 5.84 Å². The third kappa shape index (κ3) is 2.28. The second-order valence-corrected chi connectivity index (χ2v) is 3.19. The van der Waals surface area contributed by atoms with Gasteiger partial charge in [-0.15, -0.1) is 0 Å². The zero-order valence-corrected chi connectivity index (χ0v) is 8.33. The molecule has 1 aliphatic heterocycles. The normalized spacial score (nSPS) is 24.1. The molecule has 2 unspecified atom stereocenters. The van der Waals surface area contributed by atoms with Crippen molar-refractivity contribution in [2.24, 2.45) is 4.99 Å². The van der Waals surface area contributed by atoms with Crippen LogP contribution in [-0.2, 0) is 9.53 Å². The molecule has 0 aliphatic carbocycles. The number of rotatable bonds is 4. The summed E-state index contributed by atoms with van der Waals surface area (Å²) in [6.07, 6.45) is 1.66. The molecule has 0 fully saturated rings. The molecule has 13 heavy (non-hydrogen) atoms. The summed E-state index contributed by atoms with van der Waals surface area (Å²) in [7, 11) is 1.60. The number of carbonyl (C=O) groups excluding carboxylic acids is 1. The van der Waals surface area contributed by atoms with E-state index in [2.05, 4.69) is 10.3 Å². The van der Waals surface area contributed by atoms with Crippen LogP contribution in [0, 0.1) is 0 Å². The molecule has 0 aromatic carbocycles. The molecule has 0 spiro atoms. The Morgan fingerprint density at radius 2 is 2.38 bits per heavy atom. The molecule has 0 bridgehead atoms. The fourth-order valence-corrected chi connectivity index (χ4v) is 1.26. The Labute approximate surface area is 78.4 Å². The first kappa shape index (κ1) is 10.2. The maximum absolute atomic E-state index is 11.3. The van der Waals surface area contributed by atoms with Crippen molar-refractivity contribution in [1.29, 1.82) is 0 Å². The first-order valence-corrected chi connectivity index (χ1v) is 4.60. The molecule has 0 radical (unpaired) electrons. The minimum absolute atomic E-state index is 0.000694. The third-order valence-electron chi connectivity index (χ3n) is 2.15. The SMILES string of the molecule is CCCC1N=C(C(C)OC)NC1=O. The smallest absolute Gasteiger partial charge is 0.250 e. The standard InChI is InChI=1S/C9H16N2O2/c1-4-5-7-9(12)11-8(10-7)6(2)13-3/h6-7H,4-5H2,1-3H3,(H,10,11,12). The second-order valence-electron chi connectivity index (χ2n) is 3.19. The molecule has 1 aliphatic rings. The van der Waals surface area contributed by atoms with E-state index in [9.17, 15) is 4.79 Å². The summed E-state index contributed by atoms with van der Waals surface area (Å²) in [5, 5.41) is 2.73. The van der Waals surface area contributed by atoms with Crippen LogP contribution in [0.25, 0.3) is 0 Å². The van der Waals surface area contributed by atoms with Gasteiger partial charge in [0.05, 0.1) is 0 Å². The van der Waals surface area contributed by atoms with Gasteiger partial charge in [0.1, 0.15) is 18.0 Å². The van der Waals surface area contributed by atoms with E-state index in [4.69, 9.17) is 4.74 Å². The average molecular weight is 184 g/mol. The Bertz CT molecular complexity index is 226. The number of methoxy groups -OCH3 is 1. The number of ether oxygens (including phenoxy) is 1. The highest BCUT2D eigenvalue weighted by atomic mass is 16.5. The molecular formula is C9H16N2O2. The van der Waals surface area contributed by atoms with Crippen molar-refractivity contribution in [2.45, 2.75) is 38.8 Å². The summed E-state index contributed by atoms with van der Waals surface area (Å²) in [5.41, 5.74) is 0. The van der Waals surface area contributed by atoms with Gasteiger partial charge in [-0.2, -0.15) is 0 Å². The van der Waals surface area contributed by atoms with Gasteiger partial charge >= 0.3 is 0 Å². The van der Waals surface area contributed by atoms with Gasteiger partial charge in [0, 0.05) is 7.11 Å². The molecule has 2 atom stereocenters. The summed E-state index contributed by atoms with van der Waals surface area (Å²) in [6, 6.07) is -0.197. The number of carbonyl (C=O) groups is 1. The van der Waals surface area contributed by atoms with Crippen molar-refractivity contribution in [2.75, 3.05) is 7.11 Å². The number of nitrogens with one attached hydrogen (secondary N) is 1. The van der Waals surface area contributed by atoms with Crippen molar-refractivity contribution >= 4 is 11.7 Å². The van der Waals surface area contributed by atoms with Gasteiger partial charge in [0.15, 0.2) is 0 Å². The second kappa shape index (κ2) is 4.37. The average Bonchev–Trinajstić information content (AvgIpc) is 2.47. The van der Waals surface area contributed by atoms with E-state index in [-0.39, 0.29) is 18.1 Å².